The second-order valence-electron chi connectivity index (χ2n) is 3.82. The highest BCUT2D eigenvalue weighted by Gasteiger charge is 2.07. The summed E-state index contributed by atoms with van der Waals surface area (Å²) >= 11 is 5.18. The zero-order valence-electron chi connectivity index (χ0n) is 9.20. The lowest BCUT2D eigenvalue weighted by Gasteiger charge is -2.04. The zero-order valence-corrected chi connectivity index (χ0v) is 11.6. The van der Waals surface area contributed by atoms with Gasteiger partial charge < -0.3 is 5.32 Å². The van der Waals surface area contributed by atoms with Crippen LogP contribution in [0.5, 0.6) is 0 Å². The summed E-state index contributed by atoms with van der Waals surface area (Å²) in [7, 11) is 0. The fourth-order valence-corrected chi connectivity index (χ4v) is 2.73. The van der Waals surface area contributed by atoms with Crippen LogP contribution in [0.4, 0.5) is 5.13 Å². The third-order valence-electron chi connectivity index (χ3n) is 2.07. The first-order valence-corrected chi connectivity index (χ1v) is 6.81. The average Bonchev–Trinajstić information content (AvgIpc) is 2.66. The molecular formula is C12H13BrN2S. The molecule has 16 heavy (non-hydrogen) atoms. The van der Waals surface area contributed by atoms with Crippen LogP contribution in [0.1, 0.15) is 13.8 Å². The molecule has 0 atom stereocenters. The van der Waals surface area contributed by atoms with Gasteiger partial charge in [0.1, 0.15) is 0 Å². The summed E-state index contributed by atoms with van der Waals surface area (Å²) in [5.41, 5.74) is 2.15. The third kappa shape index (κ3) is 2.62. The van der Waals surface area contributed by atoms with Gasteiger partial charge in [0.25, 0.3) is 0 Å². The monoisotopic (exact) mass is 296 g/mol. The van der Waals surface area contributed by atoms with Crippen LogP contribution >= 0.6 is 27.3 Å². The van der Waals surface area contributed by atoms with E-state index in [1.807, 2.05) is 18.2 Å². The number of halogens is 1. The van der Waals surface area contributed by atoms with E-state index in [0.717, 1.165) is 20.9 Å². The number of benzene rings is 1. The Kier molecular flexibility index (Phi) is 3.61. The van der Waals surface area contributed by atoms with Crippen molar-refractivity contribution in [3.63, 3.8) is 0 Å². The van der Waals surface area contributed by atoms with E-state index < -0.39 is 0 Å². The van der Waals surface area contributed by atoms with E-state index >= 15 is 0 Å². The molecule has 2 rings (SSSR count). The van der Waals surface area contributed by atoms with E-state index in [0.29, 0.717) is 6.04 Å². The van der Waals surface area contributed by atoms with Gasteiger partial charge in [-0.05, 0) is 19.9 Å². The summed E-state index contributed by atoms with van der Waals surface area (Å²) in [6.07, 6.45) is 0. The van der Waals surface area contributed by atoms with Crippen molar-refractivity contribution in [1.29, 1.82) is 0 Å². The Bertz CT molecular complexity index is 479. The highest BCUT2D eigenvalue weighted by Crippen LogP contribution is 2.30. The topological polar surface area (TPSA) is 24.9 Å². The molecular weight excluding hydrogens is 284 g/mol. The molecule has 1 N–H and O–H groups in total. The summed E-state index contributed by atoms with van der Waals surface area (Å²) in [6, 6.07) is 8.54. The van der Waals surface area contributed by atoms with Crippen LogP contribution in [-0.4, -0.2) is 11.0 Å². The van der Waals surface area contributed by atoms with Gasteiger partial charge in [0.15, 0.2) is 5.13 Å². The fraction of sp³-hybridized carbons (Fsp3) is 0.250. The number of nitrogens with one attached hydrogen (secondary N) is 1. The lowest BCUT2D eigenvalue weighted by atomic mass is 10.2. The van der Waals surface area contributed by atoms with Crippen molar-refractivity contribution in [1.82, 2.24) is 4.98 Å². The standard InChI is InChI=1S/C12H13BrN2S/c1-8(2)14-12-15-11(7-16-12)9-5-3-4-6-10(9)13/h3-8H,1-2H3,(H,14,15). The van der Waals surface area contributed by atoms with Crippen molar-refractivity contribution in [2.45, 2.75) is 19.9 Å². The van der Waals surface area contributed by atoms with Crippen molar-refractivity contribution >= 4 is 32.4 Å². The molecule has 0 saturated heterocycles. The molecule has 0 fully saturated rings. The van der Waals surface area contributed by atoms with Crippen LogP contribution in [-0.2, 0) is 0 Å². The van der Waals surface area contributed by atoms with Gasteiger partial charge >= 0.3 is 0 Å². The van der Waals surface area contributed by atoms with Gasteiger partial charge in [-0.15, -0.1) is 11.3 Å². The number of aromatic nitrogens is 1. The summed E-state index contributed by atoms with van der Waals surface area (Å²) in [5.74, 6) is 0. The van der Waals surface area contributed by atoms with E-state index in [1.54, 1.807) is 11.3 Å². The number of anilines is 1. The molecule has 1 aromatic heterocycles. The number of hydrogen-bond donors (Lipinski definition) is 1. The Labute approximate surface area is 108 Å². The fourth-order valence-electron chi connectivity index (χ4n) is 1.38. The summed E-state index contributed by atoms with van der Waals surface area (Å²) < 4.78 is 1.08. The third-order valence-corrected chi connectivity index (χ3v) is 3.53. The summed E-state index contributed by atoms with van der Waals surface area (Å²) in [4.78, 5) is 4.56. The van der Waals surface area contributed by atoms with Crippen LogP contribution in [0.2, 0.25) is 0 Å². The maximum Gasteiger partial charge on any atom is 0.183 e. The van der Waals surface area contributed by atoms with E-state index in [4.69, 9.17) is 0 Å². The number of hydrogen-bond acceptors (Lipinski definition) is 3. The van der Waals surface area contributed by atoms with Gasteiger partial charge in [-0.25, -0.2) is 4.98 Å². The largest absolute Gasteiger partial charge is 0.359 e. The molecule has 1 heterocycles. The van der Waals surface area contributed by atoms with E-state index in [-0.39, 0.29) is 0 Å². The van der Waals surface area contributed by atoms with Gasteiger partial charge in [-0.1, -0.05) is 34.1 Å². The first-order valence-electron chi connectivity index (χ1n) is 5.14. The van der Waals surface area contributed by atoms with Crippen LogP contribution in [0.3, 0.4) is 0 Å². The second kappa shape index (κ2) is 4.97. The van der Waals surface area contributed by atoms with Gasteiger partial charge in [0.2, 0.25) is 0 Å². The molecule has 0 saturated carbocycles. The molecule has 0 aliphatic carbocycles. The summed E-state index contributed by atoms with van der Waals surface area (Å²) in [6.45, 7) is 4.22. The normalized spacial score (nSPS) is 10.8. The molecule has 0 aliphatic rings. The van der Waals surface area contributed by atoms with Gasteiger partial charge in [-0.3, -0.25) is 0 Å². The van der Waals surface area contributed by atoms with E-state index in [9.17, 15) is 0 Å². The van der Waals surface area contributed by atoms with E-state index in [1.165, 1.54) is 0 Å². The molecule has 0 bridgehead atoms. The van der Waals surface area contributed by atoms with Crippen molar-refractivity contribution < 1.29 is 0 Å². The minimum atomic E-state index is 0.415. The van der Waals surface area contributed by atoms with Gasteiger partial charge in [0.05, 0.1) is 5.69 Å². The number of rotatable bonds is 3. The Morgan fingerprint density at radius 3 is 2.75 bits per heavy atom. The SMILES string of the molecule is CC(C)Nc1nc(-c2ccccc2Br)cs1. The molecule has 0 amide bonds. The quantitative estimate of drug-likeness (QED) is 0.908. The van der Waals surface area contributed by atoms with Crippen LogP contribution < -0.4 is 5.32 Å². The molecule has 2 aromatic rings. The molecule has 0 radical (unpaired) electrons. The molecule has 4 heteroatoms. The number of thiazole rings is 1. The summed E-state index contributed by atoms with van der Waals surface area (Å²) in [5, 5.41) is 6.35. The van der Waals surface area contributed by atoms with Crippen LogP contribution in [0.25, 0.3) is 11.3 Å². The minimum Gasteiger partial charge on any atom is -0.359 e. The first-order chi connectivity index (χ1) is 7.66. The van der Waals surface area contributed by atoms with Crippen molar-refractivity contribution in [2.24, 2.45) is 0 Å². The predicted molar refractivity (Wildman–Crippen MR) is 74.0 cm³/mol. The van der Waals surface area contributed by atoms with Crippen molar-refractivity contribution in [3.8, 4) is 11.3 Å². The molecule has 84 valence electrons. The van der Waals surface area contributed by atoms with Crippen LogP contribution in [0, 0.1) is 0 Å². The minimum absolute atomic E-state index is 0.415. The Balaban J connectivity index is 2.28. The molecule has 0 aliphatic heterocycles. The first kappa shape index (κ1) is 11.6. The maximum atomic E-state index is 4.56. The lowest BCUT2D eigenvalue weighted by molar-refractivity contribution is 0.897. The van der Waals surface area contributed by atoms with E-state index in [2.05, 4.69) is 51.5 Å². The smallest absolute Gasteiger partial charge is 0.183 e. The molecule has 2 nitrogen and oxygen atoms in total. The van der Waals surface area contributed by atoms with Gasteiger partial charge in [-0.2, -0.15) is 0 Å². The van der Waals surface area contributed by atoms with Gasteiger partial charge in [0, 0.05) is 21.5 Å². The van der Waals surface area contributed by atoms with Crippen LogP contribution in [0.15, 0.2) is 34.1 Å². The number of nitrogens with zero attached hydrogens (tertiary/aromatic N) is 1. The predicted octanol–water partition coefficient (Wildman–Crippen LogP) is 4.39. The lowest BCUT2D eigenvalue weighted by Crippen LogP contribution is -2.08. The van der Waals surface area contributed by atoms with Crippen molar-refractivity contribution in [3.05, 3.63) is 34.1 Å². The molecule has 1 aromatic carbocycles. The Morgan fingerprint density at radius 2 is 2.06 bits per heavy atom. The molecule has 0 spiro atoms. The Hall–Kier alpha value is -0.870. The highest BCUT2D eigenvalue weighted by molar-refractivity contribution is 9.10. The van der Waals surface area contributed by atoms with Crippen molar-refractivity contribution in [2.75, 3.05) is 5.32 Å². The Morgan fingerprint density at radius 1 is 1.31 bits per heavy atom. The average molecular weight is 297 g/mol. The zero-order chi connectivity index (χ0) is 11.5. The highest BCUT2D eigenvalue weighted by atomic mass is 79.9. The maximum absolute atomic E-state index is 4.56. The molecule has 0 unspecified atom stereocenters. The second-order valence-corrected chi connectivity index (χ2v) is 5.53.